The van der Waals surface area contributed by atoms with E-state index in [0.29, 0.717) is 17.4 Å². The van der Waals surface area contributed by atoms with Gasteiger partial charge in [-0.05, 0) is 42.7 Å². The Balaban J connectivity index is 2.07. The van der Waals surface area contributed by atoms with Gasteiger partial charge in [-0.1, -0.05) is 20.8 Å². The highest BCUT2D eigenvalue weighted by atomic mass is 16.5. The SMILES string of the molecule is COc1ccc(NC2CCC(C)(C)CC2C)cc1OC. The highest BCUT2D eigenvalue weighted by molar-refractivity contribution is 5.55. The molecule has 0 aliphatic heterocycles. The predicted octanol–water partition coefficient (Wildman–Crippen LogP) is 4.33. The smallest absolute Gasteiger partial charge is 0.162 e. The Bertz CT molecular complexity index is 456. The summed E-state index contributed by atoms with van der Waals surface area (Å²) in [6.07, 6.45) is 3.78. The zero-order valence-corrected chi connectivity index (χ0v) is 13.3. The second-order valence-corrected chi connectivity index (χ2v) is 6.70. The van der Waals surface area contributed by atoms with Gasteiger partial charge in [0.2, 0.25) is 0 Å². The maximum absolute atomic E-state index is 5.36. The van der Waals surface area contributed by atoms with Crippen molar-refractivity contribution in [2.24, 2.45) is 11.3 Å². The standard InChI is InChI=1S/C17H27NO2/c1-12-11-17(2,3)9-8-14(12)18-13-6-7-15(19-4)16(10-13)20-5/h6-7,10,12,14,18H,8-9,11H2,1-5H3. The molecule has 3 heteroatoms. The van der Waals surface area contributed by atoms with Crippen LogP contribution in [0.15, 0.2) is 18.2 Å². The first-order valence-corrected chi connectivity index (χ1v) is 7.44. The molecule has 1 aliphatic rings. The van der Waals surface area contributed by atoms with E-state index >= 15 is 0 Å². The number of nitrogens with one attached hydrogen (secondary N) is 1. The minimum Gasteiger partial charge on any atom is -0.493 e. The topological polar surface area (TPSA) is 30.5 Å². The van der Waals surface area contributed by atoms with E-state index in [1.165, 1.54) is 19.3 Å². The van der Waals surface area contributed by atoms with Crippen LogP contribution in [0.5, 0.6) is 11.5 Å². The van der Waals surface area contributed by atoms with Crippen molar-refractivity contribution in [3.63, 3.8) is 0 Å². The second kappa shape index (κ2) is 5.94. The molecule has 112 valence electrons. The van der Waals surface area contributed by atoms with Gasteiger partial charge < -0.3 is 14.8 Å². The van der Waals surface area contributed by atoms with E-state index in [0.717, 1.165) is 17.2 Å². The lowest BCUT2D eigenvalue weighted by molar-refractivity contribution is 0.177. The Morgan fingerprint density at radius 1 is 1.15 bits per heavy atom. The zero-order chi connectivity index (χ0) is 14.8. The molecule has 0 amide bonds. The summed E-state index contributed by atoms with van der Waals surface area (Å²) in [7, 11) is 3.34. The van der Waals surface area contributed by atoms with Crippen molar-refractivity contribution in [1.82, 2.24) is 0 Å². The van der Waals surface area contributed by atoms with Gasteiger partial charge in [-0.2, -0.15) is 0 Å². The summed E-state index contributed by atoms with van der Waals surface area (Å²) in [5.41, 5.74) is 1.59. The summed E-state index contributed by atoms with van der Waals surface area (Å²) in [6, 6.07) is 6.58. The fraction of sp³-hybridized carbons (Fsp3) is 0.647. The Labute approximate surface area is 122 Å². The lowest BCUT2D eigenvalue weighted by Gasteiger charge is -2.40. The van der Waals surface area contributed by atoms with Crippen molar-refractivity contribution in [2.75, 3.05) is 19.5 Å². The van der Waals surface area contributed by atoms with E-state index in [2.05, 4.69) is 32.2 Å². The molecule has 3 nitrogen and oxygen atoms in total. The van der Waals surface area contributed by atoms with E-state index < -0.39 is 0 Å². The third-order valence-corrected chi connectivity index (χ3v) is 4.43. The molecular weight excluding hydrogens is 250 g/mol. The lowest BCUT2D eigenvalue weighted by Crippen LogP contribution is -2.36. The van der Waals surface area contributed by atoms with Gasteiger partial charge in [0.1, 0.15) is 0 Å². The van der Waals surface area contributed by atoms with Crippen LogP contribution >= 0.6 is 0 Å². The summed E-state index contributed by atoms with van der Waals surface area (Å²) in [5.74, 6) is 2.24. The number of anilines is 1. The van der Waals surface area contributed by atoms with E-state index in [-0.39, 0.29) is 0 Å². The Morgan fingerprint density at radius 3 is 2.45 bits per heavy atom. The van der Waals surface area contributed by atoms with Gasteiger partial charge in [0, 0.05) is 17.8 Å². The molecule has 1 N–H and O–H groups in total. The highest BCUT2D eigenvalue weighted by Crippen LogP contribution is 2.40. The maximum Gasteiger partial charge on any atom is 0.162 e. The highest BCUT2D eigenvalue weighted by Gasteiger charge is 2.32. The summed E-state index contributed by atoms with van der Waals surface area (Å²) in [5, 5.41) is 3.66. The number of ether oxygens (including phenoxy) is 2. The van der Waals surface area contributed by atoms with Crippen molar-refractivity contribution in [3.8, 4) is 11.5 Å². The molecule has 1 saturated carbocycles. The minimum absolute atomic E-state index is 0.481. The number of rotatable bonds is 4. The fourth-order valence-electron chi connectivity index (χ4n) is 3.30. The molecule has 1 fully saturated rings. The molecule has 1 aliphatic carbocycles. The van der Waals surface area contributed by atoms with Crippen LogP contribution in [0.1, 0.15) is 40.0 Å². The molecule has 2 atom stereocenters. The number of hydrogen-bond acceptors (Lipinski definition) is 3. The average Bonchev–Trinajstić information content (AvgIpc) is 2.41. The lowest BCUT2D eigenvalue weighted by atomic mass is 9.70. The van der Waals surface area contributed by atoms with Crippen LogP contribution in [0.2, 0.25) is 0 Å². The predicted molar refractivity (Wildman–Crippen MR) is 83.8 cm³/mol. The second-order valence-electron chi connectivity index (χ2n) is 6.70. The Kier molecular flexibility index (Phi) is 4.46. The molecule has 0 aromatic heterocycles. The normalized spacial score (nSPS) is 25.1. The molecule has 0 bridgehead atoms. The summed E-state index contributed by atoms with van der Waals surface area (Å²) >= 11 is 0. The summed E-state index contributed by atoms with van der Waals surface area (Å²) in [6.45, 7) is 7.09. The molecule has 20 heavy (non-hydrogen) atoms. The molecule has 0 spiro atoms. The third-order valence-electron chi connectivity index (χ3n) is 4.43. The molecule has 0 radical (unpaired) electrons. The summed E-state index contributed by atoms with van der Waals surface area (Å²) in [4.78, 5) is 0. The van der Waals surface area contributed by atoms with Crippen LogP contribution in [0, 0.1) is 11.3 Å². The molecule has 1 aromatic rings. The van der Waals surface area contributed by atoms with Gasteiger partial charge in [-0.25, -0.2) is 0 Å². The first kappa shape index (κ1) is 15.0. The first-order chi connectivity index (χ1) is 9.45. The van der Waals surface area contributed by atoms with Crippen LogP contribution in [-0.4, -0.2) is 20.3 Å². The first-order valence-electron chi connectivity index (χ1n) is 7.44. The van der Waals surface area contributed by atoms with Crippen molar-refractivity contribution in [1.29, 1.82) is 0 Å². The van der Waals surface area contributed by atoms with E-state index in [4.69, 9.17) is 9.47 Å². The van der Waals surface area contributed by atoms with Crippen molar-refractivity contribution >= 4 is 5.69 Å². The largest absolute Gasteiger partial charge is 0.493 e. The minimum atomic E-state index is 0.481. The maximum atomic E-state index is 5.36. The van der Waals surface area contributed by atoms with Crippen LogP contribution in [0.25, 0.3) is 0 Å². The van der Waals surface area contributed by atoms with Gasteiger partial charge in [0.05, 0.1) is 14.2 Å². The molecule has 0 saturated heterocycles. The molecule has 2 rings (SSSR count). The third kappa shape index (κ3) is 3.38. The van der Waals surface area contributed by atoms with Crippen molar-refractivity contribution in [2.45, 2.75) is 46.1 Å². The van der Waals surface area contributed by atoms with Gasteiger partial charge >= 0.3 is 0 Å². The average molecular weight is 277 g/mol. The molecular formula is C17H27NO2. The van der Waals surface area contributed by atoms with Crippen molar-refractivity contribution < 1.29 is 9.47 Å². The number of hydrogen-bond donors (Lipinski definition) is 1. The van der Waals surface area contributed by atoms with E-state index in [9.17, 15) is 0 Å². The van der Waals surface area contributed by atoms with Gasteiger partial charge in [0.25, 0.3) is 0 Å². The van der Waals surface area contributed by atoms with Gasteiger partial charge in [-0.3, -0.25) is 0 Å². The van der Waals surface area contributed by atoms with Crippen LogP contribution in [-0.2, 0) is 0 Å². The quantitative estimate of drug-likeness (QED) is 0.888. The fourth-order valence-corrected chi connectivity index (χ4v) is 3.30. The van der Waals surface area contributed by atoms with Gasteiger partial charge in [-0.15, -0.1) is 0 Å². The monoisotopic (exact) mass is 277 g/mol. The van der Waals surface area contributed by atoms with Crippen molar-refractivity contribution in [3.05, 3.63) is 18.2 Å². The number of benzene rings is 1. The zero-order valence-electron chi connectivity index (χ0n) is 13.3. The van der Waals surface area contributed by atoms with E-state index in [1.54, 1.807) is 14.2 Å². The van der Waals surface area contributed by atoms with Gasteiger partial charge in [0.15, 0.2) is 11.5 Å². The summed E-state index contributed by atoms with van der Waals surface area (Å²) < 4.78 is 10.6. The molecule has 1 aromatic carbocycles. The Morgan fingerprint density at radius 2 is 1.85 bits per heavy atom. The Hall–Kier alpha value is -1.38. The van der Waals surface area contributed by atoms with Crippen LogP contribution < -0.4 is 14.8 Å². The number of methoxy groups -OCH3 is 2. The van der Waals surface area contributed by atoms with Crippen LogP contribution in [0.3, 0.4) is 0 Å². The molecule has 0 heterocycles. The van der Waals surface area contributed by atoms with Crippen LogP contribution in [0.4, 0.5) is 5.69 Å². The van der Waals surface area contributed by atoms with E-state index in [1.807, 2.05) is 12.1 Å². The molecule has 2 unspecified atom stereocenters.